The third-order valence-corrected chi connectivity index (χ3v) is 7.67. The molecule has 0 saturated carbocycles. The number of sulfone groups is 1. The fourth-order valence-electron chi connectivity index (χ4n) is 2.93. The molecule has 1 heterocycles. The molecule has 158 valence electrons. The Morgan fingerprint density at radius 2 is 2.00 bits per heavy atom. The van der Waals surface area contributed by atoms with Gasteiger partial charge in [-0.3, -0.25) is 4.79 Å². The van der Waals surface area contributed by atoms with E-state index in [0.29, 0.717) is 17.8 Å². The molecule has 0 radical (unpaired) electrons. The van der Waals surface area contributed by atoms with Crippen LogP contribution in [-0.2, 0) is 26.9 Å². The van der Waals surface area contributed by atoms with Gasteiger partial charge in [0.2, 0.25) is 5.91 Å². The van der Waals surface area contributed by atoms with Gasteiger partial charge in [0.05, 0.1) is 15.1 Å². The van der Waals surface area contributed by atoms with Crippen molar-refractivity contribution in [2.75, 3.05) is 12.0 Å². The number of thioether (sulfide) groups is 1. The van der Waals surface area contributed by atoms with E-state index in [9.17, 15) is 13.2 Å². The van der Waals surface area contributed by atoms with E-state index in [1.807, 2.05) is 22.8 Å². The van der Waals surface area contributed by atoms with Gasteiger partial charge in [0, 0.05) is 25.0 Å². The summed E-state index contributed by atoms with van der Waals surface area (Å²) in [5.74, 6) is 1.67. The van der Waals surface area contributed by atoms with E-state index in [4.69, 9.17) is 0 Å². The molecule has 2 aromatic carbocycles. The van der Waals surface area contributed by atoms with Crippen molar-refractivity contribution in [3.63, 3.8) is 0 Å². The van der Waals surface area contributed by atoms with E-state index in [0.717, 1.165) is 28.1 Å². The lowest BCUT2D eigenvalue weighted by Gasteiger charge is -2.02. The largest absolute Gasteiger partial charge is 0.313 e. The highest BCUT2D eigenvalue weighted by Gasteiger charge is 2.12. The number of hydrogen-bond donors (Lipinski definition) is 0. The molecule has 1 aromatic heterocycles. The van der Waals surface area contributed by atoms with Crippen LogP contribution in [0.3, 0.4) is 0 Å². The highest BCUT2D eigenvalue weighted by Crippen LogP contribution is 2.22. The molecule has 0 aliphatic heterocycles. The van der Waals surface area contributed by atoms with Crippen LogP contribution in [-0.4, -0.2) is 30.9 Å². The Labute approximate surface area is 185 Å². The smallest absolute Gasteiger partial charge is 0.248 e. The summed E-state index contributed by atoms with van der Waals surface area (Å²) in [6.07, 6.45) is 4.08. The number of carbonyl (C=O) groups excluding carboxylic acids is 1. The molecule has 1 amide bonds. The Balaban J connectivity index is 1.69. The van der Waals surface area contributed by atoms with Crippen LogP contribution in [0, 0.1) is 0 Å². The van der Waals surface area contributed by atoms with Crippen molar-refractivity contribution in [3.8, 4) is 0 Å². The quantitative estimate of drug-likeness (QED) is 0.350. The monoisotopic (exact) mass is 460 g/mol. The zero-order valence-corrected chi connectivity index (χ0v) is 19.2. The third-order valence-electron chi connectivity index (χ3n) is 4.41. The van der Waals surface area contributed by atoms with Crippen LogP contribution in [0.15, 0.2) is 71.1 Å². The van der Waals surface area contributed by atoms with Gasteiger partial charge in [0.15, 0.2) is 14.6 Å². The number of amides is 1. The second kappa shape index (κ2) is 10.2. The molecule has 0 fully saturated rings. The predicted molar refractivity (Wildman–Crippen MR) is 126 cm³/mol. The van der Waals surface area contributed by atoms with Gasteiger partial charge < -0.3 is 4.57 Å². The first kappa shape index (κ1) is 22.5. The molecule has 0 atom stereocenters. The van der Waals surface area contributed by atoms with Crippen LogP contribution >= 0.6 is 23.1 Å². The van der Waals surface area contributed by atoms with E-state index < -0.39 is 9.84 Å². The van der Waals surface area contributed by atoms with E-state index in [1.165, 1.54) is 23.2 Å². The minimum absolute atomic E-state index is 0.164. The van der Waals surface area contributed by atoms with Crippen LogP contribution < -0.4 is 4.80 Å². The molecule has 0 unspecified atom stereocenters. The lowest BCUT2D eigenvalue weighted by Crippen LogP contribution is -2.16. The Hall–Kier alpha value is -2.16. The molecule has 0 spiro atoms. The second-order valence-electron chi connectivity index (χ2n) is 6.83. The molecule has 0 saturated heterocycles. The Kier molecular flexibility index (Phi) is 7.69. The van der Waals surface area contributed by atoms with Crippen molar-refractivity contribution >= 4 is 49.1 Å². The Morgan fingerprint density at radius 3 is 2.70 bits per heavy atom. The molecular weight excluding hydrogens is 436 g/mol. The van der Waals surface area contributed by atoms with Crippen LogP contribution in [0.4, 0.5) is 0 Å². The minimum Gasteiger partial charge on any atom is -0.313 e. The number of fused-ring (bicyclic) bond motifs is 1. The molecule has 0 N–H and O–H groups in total. The van der Waals surface area contributed by atoms with E-state index in [2.05, 4.69) is 23.7 Å². The van der Waals surface area contributed by atoms with Gasteiger partial charge in [-0.2, -0.15) is 16.8 Å². The Bertz CT molecular complexity index is 1210. The van der Waals surface area contributed by atoms with Crippen molar-refractivity contribution in [1.29, 1.82) is 0 Å². The van der Waals surface area contributed by atoms with Crippen LogP contribution in [0.1, 0.15) is 18.4 Å². The third kappa shape index (κ3) is 5.93. The van der Waals surface area contributed by atoms with Crippen molar-refractivity contribution < 1.29 is 13.2 Å². The number of thiazole rings is 1. The summed E-state index contributed by atoms with van der Waals surface area (Å²) in [7, 11) is -3.29. The Morgan fingerprint density at radius 1 is 1.23 bits per heavy atom. The number of aromatic nitrogens is 1. The van der Waals surface area contributed by atoms with E-state index in [1.54, 1.807) is 36.0 Å². The van der Waals surface area contributed by atoms with Gasteiger partial charge in [-0.25, -0.2) is 8.42 Å². The molecule has 8 heteroatoms. The number of carbonyl (C=O) groups is 1. The van der Waals surface area contributed by atoms with Crippen molar-refractivity contribution in [1.82, 2.24) is 4.57 Å². The van der Waals surface area contributed by atoms with Crippen molar-refractivity contribution in [2.24, 2.45) is 4.99 Å². The second-order valence-corrected chi connectivity index (χ2v) is 11.0. The summed E-state index contributed by atoms with van der Waals surface area (Å²) in [6.45, 7) is 4.27. The van der Waals surface area contributed by atoms with Crippen LogP contribution in [0.25, 0.3) is 10.2 Å². The predicted octanol–water partition coefficient (Wildman–Crippen LogP) is 4.43. The molecule has 0 aliphatic carbocycles. The average molecular weight is 461 g/mol. The first-order valence-corrected chi connectivity index (χ1v) is 13.4. The van der Waals surface area contributed by atoms with E-state index in [-0.39, 0.29) is 10.8 Å². The fourth-order valence-corrected chi connectivity index (χ4v) is 5.67. The van der Waals surface area contributed by atoms with Crippen molar-refractivity contribution in [3.05, 3.63) is 71.6 Å². The molecule has 0 bridgehead atoms. The van der Waals surface area contributed by atoms with Gasteiger partial charge >= 0.3 is 0 Å². The van der Waals surface area contributed by atoms with Crippen LogP contribution in [0.2, 0.25) is 0 Å². The van der Waals surface area contributed by atoms with Crippen molar-refractivity contribution in [2.45, 2.75) is 30.0 Å². The maximum absolute atomic E-state index is 12.4. The summed E-state index contributed by atoms with van der Waals surface area (Å²) in [6, 6.07) is 15.2. The molecule has 0 aliphatic rings. The normalized spacial score (nSPS) is 12.4. The van der Waals surface area contributed by atoms with Gasteiger partial charge in [-0.05, 0) is 35.9 Å². The summed E-state index contributed by atoms with van der Waals surface area (Å²) in [4.78, 5) is 17.5. The number of nitrogens with zero attached hydrogens (tertiary/aromatic N) is 2. The average Bonchev–Trinajstić information content (AvgIpc) is 3.04. The van der Waals surface area contributed by atoms with Gasteiger partial charge in [-0.1, -0.05) is 47.7 Å². The zero-order chi connectivity index (χ0) is 21.6. The fraction of sp³-hybridized carbons (Fsp3) is 0.273. The number of allylic oxidation sites excluding steroid dienone is 1. The summed E-state index contributed by atoms with van der Waals surface area (Å²) >= 11 is 3.13. The number of rotatable bonds is 9. The summed E-state index contributed by atoms with van der Waals surface area (Å²) in [5.41, 5.74) is 2.12. The van der Waals surface area contributed by atoms with Gasteiger partial charge in [-0.15, -0.1) is 6.58 Å². The summed E-state index contributed by atoms with van der Waals surface area (Å²) < 4.78 is 26.3. The number of hydrogen-bond acceptors (Lipinski definition) is 5. The maximum Gasteiger partial charge on any atom is 0.248 e. The lowest BCUT2D eigenvalue weighted by molar-refractivity contribution is -0.118. The summed E-state index contributed by atoms with van der Waals surface area (Å²) in [5, 5.41) is 0. The first-order valence-electron chi connectivity index (χ1n) is 9.52. The number of benzene rings is 2. The van der Waals surface area contributed by atoms with Gasteiger partial charge in [0.1, 0.15) is 0 Å². The maximum atomic E-state index is 12.4. The highest BCUT2D eigenvalue weighted by atomic mass is 32.2. The minimum atomic E-state index is -3.29. The topological polar surface area (TPSA) is 68.5 Å². The zero-order valence-electron chi connectivity index (χ0n) is 16.8. The SMILES string of the molecule is C=CCn1c(=NC(=O)CCCSCc2ccccc2)sc2cc(S(C)(=O)=O)ccc21. The molecule has 3 rings (SSSR count). The van der Waals surface area contributed by atoms with Crippen LogP contribution in [0.5, 0.6) is 0 Å². The standard InChI is InChI=1S/C22H24N2O3S3/c1-3-13-24-19-12-11-18(30(2,26)27)15-20(19)29-22(24)23-21(25)10-7-14-28-16-17-8-5-4-6-9-17/h3-6,8-9,11-12,15H,1,7,10,13-14,16H2,2H3. The highest BCUT2D eigenvalue weighted by molar-refractivity contribution is 7.98. The van der Waals surface area contributed by atoms with Gasteiger partial charge in [0.25, 0.3) is 0 Å². The molecule has 3 aromatic rings. The molecular formula is C22H24N2O3S3. The lowest BCUT2D eigenvalue weighted by atomic mass is 10.2. The molecule has 5 nitrogen and oxygen atoms in total. The first-order chi connectivity index (χ1) is 14.4. The molecule has 30 heavy (non-hydrogen) atoms. The van der Waals surface area contributed by atoms with E-state index >= 15 is 0 Å².